The molecule has 1 amide bonds. The van der Waals surface area contributed by atoms with Gasteiger partial charge < -0.3 is 10.1 Å². The summed E-state index contributed by atoms with van der Waals surface area (Å²) in [5, 5.41) is 2.94. The molecule has 1 aromatic heterocycles. The Morgan fingerprint density at radius 2 is 1.73 bits per heavy atom. The van der Waals surface area contributed by atoms with Crippen molar-refractivity contribution in [1.82, 2.24) is 10.3 Å². The summed E-state index contributed by atoms with van der Waals surface area (Å²) in [5.41, 5.74) is -0.261. The summed E-state index contributed by atoms with van der Waals surface area (Å²) in [6.07, 6.45) is -4.88. The highest BCUT2D eigenvalue weighted by atomic mass is 35.5. The zero-order chi connectivity index (χ0) is 21.7. The molecule has 4 nitrogen and oxygen atoms in total. The molecule has 3 rings (SSSR count). The fourth-order valence-corrected chi connectivity index (χ4v) is 2.92. The molecule has 9 heteroatoms. The number of rotatable bonds is 6. The zero-order valence-corrected chi connectivity index (χ0v) is 16.8. The monoisotopic (exact) mass is 454 g/mol. The van der Waals surface area contributed by atoms with Gasteiger partial charge in [-0.25, -0.2) is 0 Å². The predicted molar refractivity (Wildman–Crippen MR) is 107 cm³/mol. The van der Waals surface area contributed by atoms with E-state index in [2.05, 4.69) is 10.3 Å². The molecule has 0 aliphatic carbocycles. The summed E-state index contributed by atoms with van der Waals surface area (Å²) < 4.78 is 44.1. The van der Waals surface area contributed by atoms with Gasteiger partial charge in [-0.15, -0.1) is 0 Å². The summed E-state index contributed by atoms with van der Waals surface area (Å²) in [5.74, 6) is -0.0806. The van der Waals surface area contributed by atoms with Gasteiger partial charge in [-0.05, 0) is 30.3 Å². The van der Waals surface area contributed by atoms with E-state index >= 15 is 0 Å². The van der Waals surface area contributed by atoms with Crippen LogP contribution in [-0.2, 0) is 17.5 Å². The van der Waals surface area contributed by atoms with Crippen LogP contribution in [0, 0.1) is 0 Å². The molecular weight excluding hydrogens is 440 g/mol. The Hall–Kier alpha value is -2.77. The van der Waals surface area contributed by atoms with E-state index in [0.29, 0.717) is 22.5 Å². The van der Waals surface area contributed by atoms with Crippen molar-refractivity contribution >= 4 is 29.1 Å². The summed E-state index contributed by atoms with van der Waals surface area (Å²) in [4.78, 5) is 16.5. The molecule has 0 aliphatic heterocycles. The number of halogens is 5. The Morgan fingerprint density at radius 3 is 2.33 bits per heavy atom. The number of benzene rings is 2. The van der Waals surface area contributed by atoms with Crippen LogP contribution in [0.5, 0.6) is 5.75 Å². The van der Waals surface area contributed by atoms with Crippen LogP contribution in [0.15, 0.2) is 66.9 Å². The maximum Gasteiger partial charge on any atom is 0.417 e. The van der Waals surface area contributed by atoms with E-state index in [4.69, 9.17) is 27.9 Å². The highest BCUT2D eigenvalue weighted by Crippen LogP contribution is 2.31. The van der Waals surface area contributed by atoms with Crippen LogP contribution >= 0.6 is 23.2 Å². The first-order valence-electron chi connectivity index (χ1n) is 8.70. The SMILES string of the molecule is O=C(NCc1ncc(C(F)(F)F)cc1Cl)[C@@H](Oc1ccc(Cl)cc1)c1ccccc1. The van der Waals surface area contributed by atoms with Crippen LogP contribution in [0.2, 0.25) is 10.0 Å². The van der Waals surface area contributed by atoms with E-state index in [1.54, 1.807) is 54.6 Å². The fraction of sp³-hybridized carbons (Fsp3) is 0.143. The zero-order valence-electron chi connectivity index (χ0n) is 15.3. The van der Waals surface area contributed by atoms with Crippen LogP contribution in [0.1, 0.15) is 22.9 Å². The Balaban J connectivity index is 1.76. The maximum atomic E-state index is 12.8. The molecule has 1 heterocycles. The molecule has 0 saturated heterocycles. The minimum absolute atomic E-state index is 0.108. The van der Waals surface area contributed by atoms with Crippen LogP contribution in [0.3, 0.4) is 0 Å². The normalized spacial score (nSPS) is 12.3. The van der Waals surface area contributed by atoms with Crippen molar-refractivity contribution in [2.45, 2.75) is 18.8 Å². The van der Waals surface area contributed by atoms with Crippen molar-refractivity contribution < 1.29 is 22.7 Å². The van der Waals surface area contributed by atoms with E-state index in [9.17, 15) is 18.0 Å². The van der Waals surface area contributed by atoms with Crippen LogP contribution in [0.4, 0.5) is 13.2 Å². The lowest BCUT2D eigenvalue weighted by atomic mass is 10.1. The van der Waals surface area contributed by atoms with E-state index in [0.717, 1.165) is 6.07 Å². The van der Waals surface area contributed by atoms with E-state index in [1.807, 2.05) is 0 Å². The molecule has 0 aliphatic rings. The van der Waals surface area contributed by atoms with Crippen LogP contribution < -0.4 is 10.1 Å². The third-order valence-electron chi connectivity index (χ3n) is 4.08. The molecular formula is C21H15Cl2F3N2O2. The second kappa shape index (κ2) is 9.36. The number of nitrogens with one attached hydrogen (secondary N) is 1. The van der Waals surface area contributed by atoms with Crippen molar-refractivity contribution in [2.24, 2.45) is 0 Å². The first-order valence-corrected chi connectivity index (χ1v) is 9.46. The van der Waals surface area contributed by atoms with Crippen LogP contribution in [0.25, 0.3) is 0 Å². The standard InChI is InChI=1S/C21H15Cl2F3N2O2/c22-15-6-8-16(9-7-15)30-19(13-4-2-1-3-5-13)20(29)28-12-18-17(23)10-14(11-27-18)21(24,25)26/h1-11,19H,12H2,(H,28,29)/t19-/m0/s1. The highest BCUT2D eigenvalue weighted by Gasteiger charge is 2.31. The Bertz CT molecular complexity index is 1010. The number of aromatic nitrogens is 1. The molecule has 1 N–H and O–H groups in total. The maximum absolute atomic E-state index is 12.8. The second-order valence-corrected chi connectivity index (χ2v) is 7.07. The van der Waals surface area contributed by atoms with Gasteiger partial charge >= 0.3 is 6.18 Å². The quantitative estimate of drug-likeness (QED) is 0.508. The number of carbonyl (C=O) groups is 1. The minimum atomic E-state index is -4.55. The van der Waals surface area contributed by atoms with Crippen molar-refractivity contribution in [2.75, 3.05) is 0 Å². The number of hydrogen-bond acceptors (Lipinski definition) is 3. The molecule has 0 radical (unpaired) electrons. The lowest BCUT2D eigenvalue weighted by Crippen LogP contribution is -2.32. The van der Waals surface area contributed by atoms with E-state index in [1.165, 1.54) is 0 Å². The fourth-order valence-electron chi connectivity index (χ4n) is 2.56. The molecule has 156 valence electrons. The largest absolute Gasteiger partial charge is 0.476 e. The highest BCUT2D eigenvalue weighted by molar-refractivity contribution is 6.31. The van der Waals surface area contributed by atoms with Gasteiger partial charge in [0.2, 0.25) is 6.10 Å². The molecule has 1 atom stereocenters. The third kappa shape index (κ3) is 5.64. The van der Waals surface area contributed by atoms with Gasteiger partial charge in [-0.3, -0.25) is 9.78 Å². The smallest absolute Gasteiger partial charge is 0.417 e. The Labute approximate surface area is 180 Å². The van der Waals surface area contributed by atoms with Crippen LogP contribution in [-0.4, -0.2) is 10.9 Å². The molecule has 0 spiro atoms. The van der Waals surface area contributed by atoms with Crippen molar-refractivity contribution in [3.05, 3.63) is 93.7 Å². The Kier molecular flexibility index (Phi) is 6.84. The van der Waals surface area contributed by atoms with Crippen molar-refractivity contribution in [3.63, 3.8) is 0 Å². The van der Waals surface area contributed by atoms with Gasteiger partial charge in [-0.1, -0.05) is 53.5 Å². The second-order valence-electron chi connectivity index (χ2n) is 6.23. The number of alkyl halides is 3. The van der Waals surface area contributed by atoms with Gasteiger partial charge in [-0.2, -0.15) is 13.2 Å². The third-order valence-corrected chi connectivity index (χ3v) is 4.66. The van der Waals surface area contributed by atoms with Gasteiger partial charge in [0, 0.05) is 16.8 Å². The summed E-state index contributed by atoms with van der Waals surface area (Å²) in [6.45, 7) is -0.164. The molecule has 3 aromatic rings. The molecule has 0 fully saturated rings. The van der Waals surface area contributed by atoms with E-state index in [-0.39, 0.29) is 17.3 Å². The molecule has 2 aromatic carbocycles. The average Bonchev–Trinajstić information content (AvgIpc) is 2.72. The summed E-state index contributed by atoms with van der Waals surface area (Å²) in [6, 6.07) is 16.0. The molecule has 0 unspecified atom stereocenters. The number of amides is 1. The number of hydrogen-bond donors (Lipinski definition) is 1. The lowest BCUT2D eigenvalue weighted by molar-refractivity contribution is -0.137. The molecule has 0 saturated carbocycles. The Morgan fingerprint density at radius 1 is 1.07 bits per heavy atom. The summed E-state index contributed by atoms with van der Waals surface area (Å²) in [7, 11) is 0. The van der Waals surface area contributed by atoms with Gasteiger partial charge in [0.05, 0.1) is 22.8 Å². The number of ether oxygens (including phenoxy) is 1. The first-order chi connectivity index (χ1) is 14.2. The van der Waals surface area contributed by atoms with Crippen molar-refractivity contribution in [1.29, 1.82) is 0 Å². The minimum Gasteiger partial charge on any atom is -0.476 e. The average molecular weight is 455 g/mol. The number of carbonyl (C=O) groups excluding carboxylic acids is 1. The topological polar surface area (TPSA) is 51.2 Å². The first kappa shape index (κ1) is 21.9. The number of pyridine rings is 1. The van der Waals surface area contributed by atoms with Gasteiger partial charge in [0.25, 0.3) is 5.91 Å². The van der Waals surface area contributed by atoms with Gasteiger partial charge in [0.15, 0.2) is 0 Å². The predicted octanol–water partition coefficient (Wildman–Crippen LogP) is 5.84. The molecule has 0 bridgehead atoms. The van der Waals surface area contributed by atoms with Gasteiger partial charge in [0.1, 0.15) is 5.75 Å². The van der Waals surface area contributed by atoms with Crippen molar-refractivity contribution in [3.8, 4) is 5.75 Å². The van der Waals surface area contributed by atoms with E-state index < -0.39 is 23.8 Å². The molecule has 30 heavy (non-hydrogen) atoms. The number of nitrogens with zero attached hydrogens (tertiary/aromatic N) is 1. The summed E-state index contributed by atoms with van der Waals surface area (Å²) >= 11 is 11.8. The lowest BCUT2D eigenvalue weighted by Gasteiger charge is -2.19.